The van der Waals surface area contributed by atoms with Gasteiger partial charge < -0.3 is 4.90 Å². The van der Waals surface area contributed by atoms with Crippen molar-refractivity contribution in [3.8, 4) is 0 Å². The lowest BCUT2D eigenvalue weighted by Crippen LogP contribution is -2.42. The smallest absolute Gasteiger partial charge is 0.272 e. The van der Waals surface area contributed by atoms with Gasteiger partial charge in [0.15, 0.2) is 0 Å². The standard InChI is InChI=1S/C14H19ClN2O/c1-3-14(2)5-8-17(9-6-14)13(18)12-10-11(15)4-7-16-12/h4,7,10H,3,5-6,8-9H2,1-2H3. The van der Waals surface area contributed by atoms with E-state index in [4.69, 9.17) is 11.6 Å². The van der Waals surface area contributed by atoms with Crippen molar-refractivity contribution in [2.75, 3.05) is 13.1 Å². The number of halogens is 1. The first-order valence-corrected chi connectivity index (χ1v) is 6.83. The lowest BCUT2D eigenvalue weighted by molar-refractivity contribution is 0.0594. The van der Waals surface area contributed by atoms with Gasteiger partial charge in [-0.3, -0.25) is 9.78 Å². The molecule has 2 rings (SSSR count). The number of likely N-dealkylation sites (tertiary alicyclic amines) is 1. The first-order valence-electron chi connectivity index (χ1n) is 6.45. The number of piperidine rings is 1. The molecule has 0 spiro atoms. The van der Waals surface area contributed by atoms with Crippen molar-refractivity contribution in [2.24, 2.45) is 5.41 Å². The summed E-state index contributed by atoms with van der Waals surface area (Å²) in [4.78, 5) is 18.2. The number of amides is 1. The first-order chi connectivity index (χ1) is 8.54. The molecule has 18 heavy (non-hydrogen) atoms. The Bertz CT molecular complexity index is 439. The van der Waals surface area contributed by atoms with Crippen molar-refractivity contribution in [1.82, 2.24) is 9.88 Å². The lowest BCUT2D eigenvalue weighted by Gasteiger charge is -2.38. The van der Waals surface area contributed by atoms with Gasteiger partial charge in [0.1, 0.15) is 5.69 Å². The van der Waals surface area contributed by atoms with Crippen LogP contribution in [0.1, 0.15) is 43.6 Å². The third-order valence-electron chi connectivity index (χ3n) is 4.05. The largest absolute Gasteiger partial charge is 0.337 e. The van der Waals surface area contributed by atoms with Crippen molar-refractivity contribution < 1.29 is 4.79 Å². The van der Waals surface area contributed by atoms with Crippen LogP contribution in [0.15, 0.2) is 18.3 Å². The second-order valence-corrected chi connectivity index (χ2v) is 5.75. The Morgan fingerprint density at radius 3 is 2.72 bits per heavy atom. The van der Waals surface area contributed by atoms with Gasteiger partial charge in [0.05, 0.1) is 0 Å². The van der Waals surface area contributed by atoms with E-state index in [0.29, 0.717) is 16.1 Å². The van der Waals surface area contributed by atoms with E-state index in [9.17, 15) is 4.79 Å². The summed E-state index contributed by atoms with van der Waals surface area (Å²) >= 11 is 5.88. The normalized spacial score (nSPS) is 18.7. The van der Waals surface area contributed by atoms with E-state index >= 15 is 0 Å². The average Bonchev–Trinajstić information content (AvgIpc) is 2.39. The predicted octanol–water partition coefficient (Wildman–Crippen LogP) is 3.39. The maximum absolute atomic E-state index is 12.3. The summed E-state index contributed by atoms with van der Waals surface area (Å²) in [5.74, 6) is -0.00402. The fraction of sp³-hybridized carbons (Fsp3) is 0.571. The van der Waals surface area contributed by atoms with Gasteiger partial charge in [0.2, 0.25) is 0 Å². The predicted molar refractivity (Wildman–Crippen MR) is 72.8 cm³/mol. The van der Waals surface area contributed by atoms with Crippen LogP contribution in [-0.4, -0.2) is 28.9 Å². The van der Waals surface area contributed by atoms with E-state index < -0.39 is 0 Å². The van der Waals surface area contributed by atoms with Crippen molar-refractivity contribution in [2.45, 2.75) is 33.1 Å². The maximum atomic E-state index is 12.3. The molecule has 2 heterocycles. The van der Waals surface area contributed by atoms with Crippen molar-refractivity contribution in [1.29, 1.82) is 0 Å². The van der Waals surface area contributed by atoms with E-state index in [1.165, 1.54) is 6.42 Å². The summed E-state index contributed by atoms with van der Waals surface area (Å²) in [6.07, 6.45) is 4.88. The minimum absolute atomic E-state index is 0.00402. The van der Waals surface area contributed by atoms with E-state index in [1.54, 1.807) is 18.3 Å². The molecule has 1 amide bonds. The molecule has 0 N–H and O–H groups in total. The Balaban J connectivity index is 2.04. The average molecular weight is 267 g/mol. The van der Waals surface area contributed by atoms with Crippen LogP contribution < -0.4 is 0 Å². The summed E-state index contributed by atoms with van der Waals surface area (Å²) in [6, 6.07) is 3.32. The fourth-order valence-electron chi connectivity index (χ4n) is 2.29. The molecule has 0 saturated carbocycles. The van der Waals surface area contributed by atoms with Crippen LogP contribution in [-0.2, 0) is 0 Å². The third kappa shape index (κ3) is 2.83. The third-order valence-corrected chi connectivity index (χ3v) is 4.29. The summed E-state index contributed by atoms with van der Waals surface area (Å²) in [5, 5.41) is 0.559. The zero-order valence-electron chi connectivity index (χ0n) is 10.9. The number of rotatable bonds is 2. The molecule has 0 bridgehead atoms. The Hall–Kier alpha value is -1.09. The van der Waals surface area contributed by atoms with Gasteiger partial charge in [-0.25, -0.2) is 0 Å². The molecule has 1 aromatic rings. The zero-order valence-corrected chi connectivity index (χ0v) is 11.7. The van der Waals surface area contributed by atoms with Crippen LogP contribution in [0.25, 0.3) is 0 Å². The molecule has 1 fully saturated rings. The molecular weight excluding hydrogens is 248 g/mol. The van der Waals surface area contributed by atoms with Gasteiger partial charge in [0.25, 0.3) is 5.91 Å². The highest BCUT2D eigenvalue weighted by Gasteiger charge is 2.30. The van der Waals surface area contributed by atoms with E-state index in [-0.39, 0.29) is 5.91 Å². The number of pyridine rings is 1. The van der Waals surface area contributed by atoms with Gasteiger partial charge in [-0.05, 0) is 30.4 Å². The molecule has 1 aromatic heterocycles. The van der Waals surface area contributed by atoms with Crippen molar-refractivity contribution >= 4 is 17.5 Å². The Labute approximate surface area is 113 Å². The second kappa shape index (κ2) is 5.27. The lowest BCUT2D eigenvalue weighted by atomic mass is 9.78. The quantitative estimate of drug-likeness (QED) is 0.822. The SMILES string of the molecule is CCC1(C)CCN(C(=O)c2cc(Cl)ccn2)CC1. The van der Waals surface area contributed by atoms with Crippen LogP contribution in [0.2, 0.25) is 5.02 Å². The summed E-state index contributed by atoms with van der Waals surface area (Å²) < 4.78 is 0. The van der Waals surface area contributed by atoms with Crippen molar-refractivity contribution in [3.63, 3.8) is 0 Å². The molecule has 4 heteroatoms. The Kier molecular flexibility index (Phi) is 3.91. The van der Waals surface area contributed by atoms with Crippen LogP contribution in [0.3, 0.4) is 0 Å². The number of carbonyl (C=O) groups excluding carboxylic acids is 1. The fourth-order valence-corrected chi connectivity index (χ4v) is 2.45. The van der Waals surface area contributed by atoms with Crippen molar-refractivity contribution in [3.05, 3.63) is 29.0 Å². The molecule has 3 nitrogen and oxygen atoms in total. The van der Waals surface area contributed by atoms with Gasteiger partial charge in [0, 0.05) is 24.3 Å². The van der Waals surface area contributed by atoms with E-state index in [1.807, 2.05) is 4.90 Å². The number of aromatic nitrogens is 1. The number of hydrogen-bond donors (Lipinski definition) is 0. The maximum Gasteiger partial charge on any atom is 0.272 e. The molecule has 0 aromatic carbocycles. The molecule has 98 valence electrons. The highest BCUT2D eigenvalue weighted by Crippen LogP contribution is 2.34. The zero-order chi connectivity index (χ0) is 13.2. The van der Waals surface area contributed by atoms with Crippen LogP contribution >= 0.6 is 11.6 Å². The van der Waals surface area contributed by atoms with Gasteiger partial charge in [-0.1, -0.05) is 31.9 Å². The first kappa shape index (κ1) is 13.3. The van der Waals surface area contributed by atoms with E-state index in [0.717, 1.165) is 25.9 Å². The minimum Gasteiger partial charge on any atom is -0.337 e. The summed E-state index contributed by atoms with van der Waals surface area (Å²) in [7, 11) is 0. The van der Waals surface area contributed by atoms with Gasteiger partial charge >= 0.3 is 0 Å². The monoisotopic (exact) mass is 266 g/mol. The molecular formula is C14H19ClN2O. The Morgan fingerprint density at radius 2 is 2.17 bits per heavy atom. The van der Waals surface area contributed by atoms with Crippen LogP contribution in [0, 0.1) is 5.41 Å². The minimum atomic E-state index is -0.00402. The molecule has 1 saturated heterocycles. The molecule has 0 atom stereocenters. The van der Waals surface area contributed by atoms with Crippen LogP contribution in [0.4, 0.5) is 0 Å². The topological polar surface area (TPSA) is 33.2 Å². The summed E-state index contributed by atoms with van der Waals surface area (Å²) in [5.41, 5.74) is 0.834. The Morgan fingerprint density at radius 1 is 1.50 bits per heavy atom. The van der Waals surface area contributed by atoms with Gasteiger partial charge in [-0.15, -0.1) is 0 Å². The molecule has 1 aliphatic heterocycles. The molecule has 0 aliphatic carbocycles. The summed E-state index contributed by atoms with van der Waals surface area (Å²) in [6.45, 7) is 6.15. The molecule has 1 aliphatic rings. The molecule has 0 unspecified atom stereocenters. The highest BCUT2D eigenvalue weighted by atomic mass is 35.5. The number of hydrogen-bond acceptors (Lipinski definition) is 2. The second-order valence-electron chi connectivity index (χ2n) is 5.32. The van der Waals surface area contributed by atoms with Gasteiger partial charge in [-0.2, -0.15) is 0 Å². The molecule has 0 radical (unpaired) electrons. The van der Waals surface area contributed by atoms with E-state index in [2.05, 4.69) is 18.8 Å². The van der Waals surface area contributed by atoms with Crippen LogP contribution in [0.5, 0.6) is 0 Å². The number of nitrogens with zero attached hydrogens (tertiary/aromatic N) is 2. The highest BCUT2D eigenvalue weighted by molar-refractivity contribution is 6.30. The number of carbonyl (C=O) groups is 1.